The van der Waals surface area contributed by atoms with Crippen LogP contribution in [-0.4, -0.2) is 6.21 Å². The second-order valence-corrected chi connectivity index (χ2v) is 0.364. The molecule has 1 radical (unpaired) electrons. The molecule has 0 saturated heterocycles. The molecular weight excluding hydrogens is 54.0 g/mol. The Morgan fingerprint density at radius 1 is 2.00 bits per heavy atom. The molecule has 0 aromatic rings. The van der Waals surface area contributed by atoms with Gasteiger partial charge in [0, 0.05) is 6.21 Å². The maximum Gasteiger partial charge on any atom is 0.0458 e. The highest BCUT2D eigenvalue weighted by atomic mass is 16.4. The fourth-order valence-corrected chi connectivity index (χ4v) is 0. The second kappa shape index (κ2) is 2.47. The number of nitrogens with zero attached hydrogens (tertiary/aromatic N) is 1. The number of hydrogen-bond donors (Lipinski definition) is 0. The van der Waals surface area contributed by atoms with Crippen LogP contribution in [0.5, 0.6) is 0 Å². The van der Waals surface area contributed by atoms with Gasteiger partial charge in [-0.25, -0.2) is 0 Å². The average Bonchev–Trinajstić information content (AvgIpc) is 1.37. The molecular formula is C2H4NO. The van der Waals surface area contributed by atoms with Crippen molar-refractivity contribution < 1.29 is 5.21 Å². The van der Waals surface area contributed by atoms with Gasteiger partial charge in [-0.1, -0.05) is 0 Å². The third-order valence-corrected chi connectivity index (χ3v) is 0.105. The van der Waals surface area contributed by atoms with Crippen molar-refractivity contribution in [2.75, 3.05) is 0 Å². The van der Waals surface area contributed by atoms with Gasteiger partial charge in [-0.05, 0) is 12.1 Å². The highest BCUT2D eigenvalue weighted by Crippen LogP contribution is 1.40. The molecule has 0 N–H and O–H groups in total. The summed E-state index contributed by atoms with van der Waals surface area (Å²) >= 11 is 0. The van der Waals surface area contributed by atoms with Crippen molar-refractivity contribution in [3.05, 3.63) is 0 Å². The first-order chi connectivity index (χ1) is 1.91. The molecule has 0 saturated carbocycles. The van der Waals surface area contributed by atoms with Crippen LogP contribution in [0.15, 0.2) is 5.16 Å². The van der Waals surface area contributed by atoms with E-state index in [0.29, 0.717) is 0 Å². The largest absolute Gasteiger partial charge is 0.146 e. The molecule has 0 fully saturated rings. The van der Waals surface area contributed by atoms with E-state index in [0.717, 1.165) is 0 Å². The fourth-order valence-electron chi connectivity index (χ4n) is 0. The zero-order valence-corrected chi connectivity index (χ0v) is 2.43. The van der Waals surface area contributed by atoms with E-state index in [-0.39, 0.29) is 0 Å². The van der Waals surface area contributed by atoms with Gasteiger partial charge in [0.25, 0.3) is 0 Å². The third-order valence-electron chi connectivity index (χ3n) is 0.105. The molecule has 0 atom stereocenters. The standard InChI is InChI=1S/C2H4NO/c1-2-3-4/h2H,1H3/b3-2+. The summed E-state index contributed by atoms with van der Waals surface area (Å²) in [6.07, 6.45) is 1.19. The van der Waals surface area contributed by atoms with Crippen LogP contribution >= 0.6 is 0 Å². The molecule has 2 nitrogen and oxygen atoms in total. The lowest BCUT2D eigenvalue weighted by Crippen LogP contribution is -1.46. The van der Waals surface area contributed by atoms with E-state index in [9.17, 15) is 0 Å². The minimum absolute atomic E-state index is 1.19. The van der Waals surface area contributed by atoms with E-state index in [4.69, 9.17) is 5.21 Å². The van der Waals surface area contributed by atoms with Crippen molar-refractivity contribution in [1.29, 1.82) is 0 Å². The minimum Gasteiger partial charge on any atom is -0.146 e. The molecule has 23 valence electrons. The Bertz CT molecular complexity index is 21.2. The van der Waals surface area contributed by atoms with Crippen molar-refractivity contribution in [3.63, 3.8) is 0 Å². The lowest BCUT2D eigenvalue weighted by atomic mass is 10.9. The van der Waals surface area contributed by atoms with Crippen LogP contribution in [-0.2, 0) is 5.21 Å². The van der Waals surface area contributed by atoms with Crippen LogP contribution in [0.1, 0.15) is 6.92 Å². The van der Waals surface area contributed by atoms with Gasteiger partial charge in [0.15, 0.2) is 0 Å². The smallest absolute Gasteiger partial charge is 0.0458 e. The molecule has 0 amide bonds. The van der Waals surface area contributed by atoms with Gasteiger partial charge in [0.1, 0.15) is 0 Å². The van der Waals surface area contributed by atoms with Crippen LogP contribution < -0.4 is 0 Å². The first-order valence-electron chi connectivity index (χ1n) is 1.02. The predicted octanol–water partition coefficient (Wildman–Crippen LogP) is 0.423. The topological polar surface area (TPSA) is 32.3 Å². The summed E-state index contributed by atoms with van der Waals surface area (Å²) in [4.78, 5) is 0. The van der Waals surface area contributed by atoms with E-state index >= 15 is 0 Å². The molecule has 0 rings (SSSR count). The van der Waals surface area contributed by atoms with E-state index in [1.54, 1.807) is 6.92 Å². The van der Waals surface area contributed by atoms with Crippen LogP contribution in [0.4, 0.5) is 0 Å². The molecule has 0 unspecified atom stereocenters. The van der Waals surface area contributed by atoms with Crippen molar-refractivity contribution in [2.24, 2.45) is 5.16 Å². The first-order valence-corrected chi connectivity index (χ1v) is 1.02. The SMILES string of the molecule is C/C=N/[O]. The second-order valence-electron chi connectivity index (χ2n) is 0.364. The highest BCUT2D eigenvalue weighted by molar-refractivity contribution is 5.51. The summed E-state index contributed by atoms with van der Waals surface area (Å²) in [7, 11) is 0. The fraction of sp³-hybridized carbons (Fsp3) is 0.500. The summed E-state index contributed by atoms with van der Waals surface area (Å²) in [5.74, 6) is 0. The van der Waals surface area contributed by atoms with Crippen LogP contribution in [0, 0.1) is 0 Å². The van der Waals surface area contributed by atoms with Gasteiger partial charge < -0.3 is 0 Å². The maximum atomic E-state index is 8.87. The van der Waals surface area contributed by atoms with Gasteiger partial charge >= 0.3 is 0 Å². The third kappa shape index (κ3) is 1.47. The molecule has 0 aromatic heterocycles. The normalized spacial score (nSPS) is 9.25. The molecule has 0 bridgehead atoms. The van der Waals surface area contributed by atoms with E-state index < -0.39 is 0 Å². The van der Waals surface area contributed by atoms with Crippen molar-refractivity contribution in [3.8, 4) is 0 Å². The van der Waals surface area contributed by atoms with Crippen LogP contribution in [0.2, 0.25) is 0 Å². The van der Waals surface area contributed by atoms with Crippen molar-refractivity contribution >= 4 is 6.21 Å². The quantitative estimate of drug-likeness (QED) is 0.285. The summed E-state index contributed by atoms with van der Waals surface area (Å²) in [5, 5.41) is 11.2. The van der Waals surface area contributed by atoms with E-state index in [2.05, 4.69) is 5.16 Å². The molecule has 0 aliphatic heterocycles. The van der Waals surface area contributed by atoms with Gasteiger partial charge in [-0.3, -0.25) is 0 Å². The summed E-state index contributed by atoms with van der Waals surface area (Å²) in [6, 6.07) is 0. The average molecular weight is 58.1 g/mol. The molecule has 0 heterocycles. The Hall–Kier alpha value is -0.530. The minimum atomic E-state index is 1.19. The van der Waals surface area contributed by atoms with Crippen LogP contribution in [0.25, 0.3) is 0 Å². The first kappa shape index (κ1) is 3.47. The molecule has 0 aliphatic carbocycles. The summed E-state index contributed by atoms with van der Waals surface area (Å²) in [6.45, 7) is 1.58. The number of rotatable bonds is 0. The molecule has 0 aliphatic rings. The lowest BCUT2D eigenvalue weighted by Gasteiger charge is -1.45. The van der Waals surface area contributed by atoms with E-state index in [1.807, 2.05) is 0 Å². The zero-order valence-electron chi connectivity index (χ0n) is 2.43. The molecule has 4 heavy (non-hydrogen) atoms. The van der Waals surface area contributed by atoms with Gasteiger partial charge in [0.2, 0.25) is 0 Å². The van der Waals surface area contributed by atoms with Gasteiger partial charge in [-0.2, -0.15) is 0 Å². The molecule has 0 spiro atoms. The Morgan fingerprint density at radius 3 is 2.25 bits per heavy atom. The lowest BCUT2D eigenvalue weighted by molar-refractivity contribution is 0.211. The van der Waals surface area contributed by atoms with E-state index in [1.165, 1.54) is 6.21 Å². The Balaban J connectivity index is 2.55. The Labute approximate surface area is 24.7 Å². The monoisotopic (exact) mass is 58.0 g/mol. The predicted molar refractivity (Wildman–Crippen MR) is 14.9 cm³/mol. The van der Waals surface area contributed by atoms with Gasteiger partial charge in [-0.15, -0.1) is 5.21 Å². The zero-order chi connectivity index (χ0) is 3.41. The summed E-state index contributed by atoms with van der Waals surface area (Å²) in [5.41, 5.74) is 0. The Kier molecular flexibility index (Phi) is 2.14. The summed E-state index contributed by atoms with van der Waals surface area (Å²) < 4.78 is 0. The molecule has 2 heteroatoms. The van der Waals surface area contributed by atoms with Crippen molar-refractivity contribution in [2.45, 2.75) is 6.92 Å². The maximum absolute atomic E-state index is 8.87. The van der Waals surface area contributed by atoms with Crippen molar-refractivity contribution in [1.82, 2.24) is 0 Å². The number of hydrogen-bond acceptors (Lipinski definition) is 1. The van der Waals surface area contributed by atoms with Crippen LogP contribution in [0.3, 0.4) is 0 Å². The van der Waals surface area contributed by atoms with Gasteiger partial charge in [0.05, 0.1) is 0 Å². The highest BCUT2D eigenvalue weighted by Gasteiger charge is 1.39. The Morgan fingerprint density at radius 2 is 2.25 bits per heavy atom. The molecule has 0 aromatic carbocycles.